The minimum Gasteiger partial charge on any atom is -0.478 e. The van der Waals surface area contributed by atoms with E-state index >= 15 is 0 Å². The number of aliphatic hydroxyl groups is 2. The zero-order chi connectivity index (χ0) is 13.7. The van der Waals surface area contributed by atoms with Gasteiger partial charge in [-0.1, -0.05) is 26.0 Å². The van der Waals surface area contributed by atoms with Gasteiger partial charge in [-0.05, 0) is 36.2 Å². The molecule has 0 unspecified atom stereocenters. The zero-order valence-corrected chi connectivity index (χ0v) is 11.0. The highest BCUT2D eigenvalue weighted by Gasteiger charge is 2.26. The fourth-order valence-electron chi connectivity index (χ4n) is 2.53. The molecule has 0 aromatic carbocycles. The smallest absolute Gasteiger partial charge is 0.333 e. The molecule has 0 aliphatic heterocycles. The Bertz CT molecular complexity index is 355. The number of allylic oxidation sites excluding steroid dienone is 2. The van der Waals surface area contributed by atoms with Gasteiger partial charge in [0.2, 0.25) is 0 Å². The maximum absolute atomic E-state index is 10.9. The van der Waals surface area contributed by atoms with E-state index in [1.54, 1.807) is 6.08 Å². The standard InChI is InChI=1S/C14H22O4/c1-9(2)13-4-3-10(7-15)5-11(13)6-12(8-16)14(17)18/h5-6,9,11,13,15-16H,3-4,7-8H2,1-2H3,(H,17,18)/t11-,13-/m1/s1. The molecule has 1 aliphatic carbocycles. The quantitative estimate of drug-likeness (QED) is 0.514. The summed E-state index contributed by atoms with van der Waals surface area (Å²) in [7, 11) is 0. The van der Waals surface area contributed by atoms with Gasteiger partial charge in [0.25, 0.3) is 0 Å². The number of aliphatic carboxylic acids is 1. The van der Waals surface area contributed by atoms with E-state index in [0.29, 0.717) is 11.8 Å². The van der Waals surface area contributed by atoms with Crippen LogP contribution in [-0.2, 0) is 4.79 Å². The molecule has 102 valence electrons. The third-order valence-corrected chi connectivity index (χ3v) is 3.62. The van der Waals surface area contributed by atoms with E-state index < -0.39 is 12.6 Å². The molecule has 0 bridgehead atoms. The molecule has 0 radical (unpaired) electrons. The van der Waals surface area contributed by atoms with Gasteiger partial charge in [0.1, 0.15) is 0 Å². The van der Waals surface area contributed by atoms with Crippen molar-refractivity contribution in [1.29, 1.82) is 0 Å². The van der Waals surface area contributed by atoms with E-state index in [4.69, 9.17) is 10.2 Å². The normalized spacial score (nSPS) is 25.2. The molecule has 3 N–H and O–H groups in total. The molecule has 4 heteroatoms. The summed E-state index contributed by atoms with van der Waals surface area (Å²) in [6.45, 7) is 3.79. The summed E-state index contributed by atoms with van der Waals surface area (Å²) >= 11 is 0. The Kier molecular flexibility index (Phi) is 5.56. The Labute approximate surface area is 108 Å². The topological polar surface area (TPSA) is 77.8 Å². The summed E-state index contributed by atoms with van der Waals surface area (Å²) in [5.74, 6) is -0.290. The van der Waals surface area contributed by atoms with Gasteiger partial charge < -0.3 is 15.3 Å². The SMILES string of the molecule is CC(C)[C@H]1CCC(CO)=C[C@@H]1C=C(CO)C(=O)O. The maximum atomic E-state index is 10.9. The van der Waals surface area contributed by atoms with E-state index in [-0.39, 0.29) is 18.1 Å². The summed E-state index contributed by atoms with van der Waals surface area (Å²) in [6, 6.07) is 0. The second-order valence-electron chi connectivity index (χ2n) is 5.16. The number of rotatable bonds is 5. The van der Waals surface area contributed by atoms with Crippen molar-refractivity contribution in [3.63, 3.8) is 0 Å². The molecule has 0 amide bonds. The molecule has 0 heterocycles. The van der Waals surface area contributed by atoms with Gasteiger partial charge in [0, 0.05) is 0 Å². The Balaban J connectivity index is 3.01. The summed E-state index contributed by atoms with van der Waals surface area (Å²) < 4.78 is 0. The third-order valence-electron chi connectivity index (χ3n) is 3.62. The predicted octanol–water partition coefficient (Wildman–Crippen LogP) is 1.59. The molecule has 0 aromatic heterocycles. The van der Waals surface area contributed by atoms with E-state index in [9.17, 15) is 9.90 Å². The highest BCUT2D eigenvalue weighted by molar-refractivity contribution is 5.86. The molecular formula is C14H22O4. The van der Waals surface area contributed by atoms with Crippen molar-refractivity contribution in [2.45, 2.75) is 26.7 Å². The fourth-order valence-corrected chi connectivity index (χ4v) is 2.53. The number of hydrogen-bond acceptors (Lipinski definition) is 3. The molecule has 2 atom stereocenters. The second kappa shape index (κ2) is 6.71. The first kappa shape index (κ1) is 14.9. The van der Waals surface area contributed by atoms with Crippen LogP contribution in [0.1, 0.15) is 26.7 Å². The summed E-state index contributed by atoms with van der Waals surface area (Å²) in [4.78, 5) is 10.9. The Morgan fingerprint density at radius 1 is 1.50 bits per heavy atom. The van der Waals surface area contributed by atoms with Crippen LogP contribution in [0.25, 0.3) is 0 Å². The first-order valence-electron chi connectivity index (χ1n) is 6.34. The van der Waals surface area contributed by atoms with Gasteiger partial charge in [-0.15, -0.1) is 0 Å². The Morgan fingerprint density at radius 2 is 2.17 bits per heavy atom. The number of carboxylic acid groups (broad SMARTS) is 1. The fraction of sp³-hybridized carbons (Fsp3) is 0.643. The van der Waals surface area contributed by atoms with Gasteiger partial charge >= 0.3 is 5.97 Å². The molecule has 18 heavy (non-hydrogen) atoms. The number of hydrogen-bond donors (Lipinski definition) is 3. The summed E-state index contributed by atoms with van der Waals surface area (Å²) in [5, 5.41) is 27.2. The molecule has 0 spiro atoms. The number of aliphatic hydroxyl groups excluding tert-OH is 2. The van der Waals surface area contributed by atoms with Crippen LogP contribution in [0, 0.1) is 17.8 Å². The maximum Gasteiger partial charge on any atom is 0.333 e. The lowest BCUT2D eigenvalue weighted by atomic mass is 9.74. The minimum atomic E-state index is -1.08. The van der Waals surface area contributed by atoms with Crippen LogP contribution >= 0.6 is 0 Å². The van der Waals surface area contributed by atoms with Gasteiger partial charge in [0.15, 0.2) is 0 Å². The van der Waals surface area contributed by atoms with Crippen molar-refractivity contribution < 1.29 is 20.1 Å². The van der Waals surface area contributed by atoms with Crippen molar-refractivity contribution in [2.75, 3.05) is 13.2 Å². The second-order valence-corrected chi connectivity index (χ2v) is 5.16. The van der Waals surface area contributed by atoms with E-state index in [0.717, 1.165) is 18.4 Å². The molecule has 4 nitrogen and oxygen atoms in total. The average Bonchev–Trinajstić information content (AvgIpc) is 2.34. The van der Waals surface area contributed by atoms with E-state index in [1.807, 2.05) is 6.08 Å². The number of carbonyl (C=O) groups is 1. The largest absolute Gasteiger partial charge is 0.478 e. The van der Waals surface area contributed by atoms with Gasteiger partial charge in [-0.2, -0.15) is 0 Å². The zero-order valence-electron chi connectivity index (χ0n) is 11.0. The third kappa shape index (κ3) is 3.68. The molecule has 0 saturated carbocycles. The number of carboxylic acids is 1. The van der Waals surface area contributed by atoms with Crippen LogP contribution in [0.4, 0.5) is 0 Å². The van der Waals surface area contributed by atoms with Gasteiger partial charge in [-0.3, -0.25) is 0 Å². The van der Waals surface area contributed by atoms with Gasteiger partial charge in [0.05, 0.1) is 18.8 Å². The molecule has 0 aromatic rings. The first-order valence-corrected chi connectivity index (χ1v) is 6.34. The first-order chi connectivity index (χ1) is 8.49. The summed E-state index contributed by atoms with van der Waals surface area (Å²) in [5.41, 5.74) is 0.983. The molecule has 0 saturated heterocycles. The minimum absolute atomic E-state index is 0.0147. The monoisotopic (exact) mass is 254 g/mol. The van der Waals surface area contributed by atoms with Crippen molar-refractivity contribution in [3.8, 4) is 0 Å². The van der Waals surface area contributed by atoms with Crippen LogP contribution in [0.3, 0.4) is 0 Å². The van der Waals surface area contributed by atoms with Crippen LogP contribution in [0.5, 0.6) is 0 Å². The molecule has 1 aliphatic rings. The van der Waals surface area contributed by atoms with Gasteiger partial charge in [-0.25, -0.2) is 4.79 Å². The highest BCUT2D eigenvalue weighted by atomic mass is 16.4. The molecule has 1 rings (SSSR count). The van der Waals surface area contributed by atoms with Crippen molar-refractivity contribution >= 4 is 5.97 Å². The summed E-state index contributed by atoms with van der Waals surface area (Å²) in [6.07, 6.45) is 5.39. The Hall–Kier alpha value is -1.13. The van der Waals surface area contributed by atoms with Crippen LogP contribution in [0.2, 0.25) is 0 Å². The van der Waals surface area contributed by atoms with E-state index in [2.05, 4.69) is 13.8 Å². The predicted molar refractivity (Wildman–Crippen MR) is 69.0 cm³/mol. The molecular weight excluding hydrogens is 232 g/mol. The lowest BCUT2D eigenvalue weighted by Crippen LogP contribution is -2.23. The van der Waals surface area contributed by atoms with Crippen LogP contribution in [0.15, 0.2) is 23.3 Å². The molecule has 0 fully saturated rings. The Morgan fingerprint density at radius 3 is 2.61 bits per heavy atom. The highest BCUT2D eigenvalue weighted by Crippen LogP contribution is 2.35. The average molecular weight is 254 g/mol. The van der Waals surface area contributed by atoms with Crippen molar-refractivity contribution in [2.24, 2.45) is 17.8 Å². The van der Waals surface area contributed by atoms with Crippen LogP contribution < -0.4 is 0 Å². The lowest BCUT2D eigenvalue weighted by Gasteiger charge is -2.31. The van der Waals surface area contributed by atoms with E-state index in [1.165, 1.54) is 0 Å². The van der Waals surface area contributed by atoms with Crippen molar-refractivity contribution in [1.82, 2.24) is 0 Å². The van der Waals surface area contributed by atoms with Crippen LogP contribution in [-0.4, -0.2) is 34.5 Å². The van der Waals surface area contributed by atoms with Crippen molar-refractivity contribution in [3.05, 3.63) is 23.3 Å². The lowest BCUT2D eigenvalue weighted by molar-refractivity contribution is -0.133.